The highest BCUT2D eigenvalue weighted by Crippen LogP contribution is 2.30. The Hall–Kier alpha value is -2.22. The highest BCUT2D eigenvalue weighted by molar-refractivity contribution is 7.99. The van der Waals surface area contributed by atoms with Crippen molar-refractivity contribution >= 4 is 17.7 Å². The number of hydrogen-bond acceptors (Lipinski definition) is 6. The van der Waals surface area contributed by atoms with E-state index in [0.717, 1.165) is 11.8 Å². The molecule has 0 atom stereocenters. The third-order valence-corrected chi connectivity index (χ3v) is 3.40. The van der Waals surface area contributed by atoms with Crippen LogP contribution in [0.25, 0.3) is 11.4 Å². The second kappa shape index (κ2) is 5.19. The normalized spacial score (nSPS) is 10.6. The molecule has 1 heterocycles. The SMILES string of the molecule is Cn1c(SCC(=O)O)nnc1-c1ccc(O)c(O)c1. The van der Waals surface area contributed by atoms with Gasteiger partial charge in [0, 0.05) is 12.6 Å². The monoisotopic (exact) mass is 281 g/mol. The van der Waals surface area contributed by atoms with Gasteiger partial charge in [0.2, 0.25) is 0 Å². The average molecular weight is 281 g/mol. The van der Waals surface area contributed by atoms with Crippen LogP contribution in [-0.2, 0) is 11.8 Å². The van der Waals surface area contributed by atoms with Crippen molar-refractivity contribution in [1.82, 2.24) is 14.8 Å². The summed E-state index contributed by atoms with van der Waals surface area (Å²) >= 11 is 1.06. The third kappa shape index (κ3) is 2.79. The van der Waals surface area contributed by atoms with Gasteiger partial charge in [-0.3, -0.25) is 4.79 Å². The van der Waals surface area contributed by atoms with E-state index in [9.17, 15) is 15.0 Å². The number of benzene rings is 1. The number of phenolic OH excluding ortho intramolecular Hbond substituents is 2. The van der Waals surface area contributed by atoms with E-state index in [1.54, 1.807) is 17.7 Å². The smallest absolute Gasteiger partial charge is 0.313 e. The van der Waals surface area contributed by atoms with E-state index in [1.165, 1.54) is 12.1 Å². The molecule has 0 radical (unpaired) electrons. The van der Waals surface area contributed by atoms with Crippen LogP contribution in [0.3, 0.4) is 0 Å². The van der Waals surface area contributed by atoms with Gasteiger partial charge in [-0.1, -0.05) is 11.8 Å². The van der Waals surface area contributed by atoms with E-state index in [2.05, 4.69) is 10.2 Å². The summed E-state index contributed by atoms with van der Waals surface area (Å²) in [6, 6.07) is 4.30. The van der Waals surface area contributed by atoms with Crippen LogP contribution in [0.1, 0.15) is 0 Å². The Kier molecular flexibility index (Phi) is 3.61. The second-order valence-electron chi connectivity index (χ2n) is 3.75. The maximum absolute atomic E-state index is 10.5. The first-order valence-electron chi connectivity index (χ1n) is 5.25. The molecule has 0 saturated carbocycles. The van der Waals surface area contributed by atoms with E-state index < -0.39 is 5.97 Å². The summed E-state index contributed by atoms with van der Waals surface area (Å²) in [7, 11) is 1.70. The first kappa shape index (κ1) is 13.2. The highest BCUT2D eigenvalue weighted by Gasteiger charge is 2.13. The minimum Gasteiger partial charge on any atom is -0.504 e. The molecule has 7 nitrogen and oxygen atoms in total. The Morgan fingerprint density at radius 1 is 1.32 bits per heavy atom. The predicted molar refractivity (Wildman–Crippen MR) is 68.1 cm³/mol. The molecule has 1 aromatic carbocycles. The Bertz CT molecular complexity index is 626. The minimum absolute atomic E-state index is 0.104. The topological polar surface area (TPSA) is 108 Å². The molecule has 0 aliphatic carbocycles. The molecule has 0 bridgehead atoms. The lowest BCUT2D eigenvalue weighted by Crippen LogP contribution is -2.00. The van der Waals surface area contributed by atoms with Gasteiger partial charge in [-0.25, -0.2) is 0 Å². The number of nitrogens with zero attached hydrogens (tertiary/aromatic N) is 3. The van der Waals surface area contributed by atoms with Crippen molar-refractivity contribution in [2.45, 2.75) is 5.16 Å². The quantitative estimate of drug-likeness (QED) is 0.568. The van der Waals surface area contributed by atoms with Gasteiger partial charge in [-0.05, 0) is 18.2 Å². The molecule has 1 aromatic heterocycles. The van der Waals surface area contributed by atoms with Crippen LogP contribution in [0, 0.1) is 0 Å². The molecule has 0 unspecified atom stereocenters. The number of carbonyl (C=O) groups is 1. The molecule has 0 spiro atoms. The van der Waals surface area contributed by atoms with Gasteiger partial charge < -0.3 is 19.9 Å². The van der Waals surface area contributed by atoms with E-state index in [1.807, 2.05) is 0 Å². The Labute approximate surface area is 112 Å². The summed E-state index contributed by atoms with van der Waals surface area (Å²) in [4.78, 5) is 10.5. The first-order valence-corrected chi connectivity index (χ1v) is 6.24. The summed E-state index contributed by atoms with van der Waals surface area (Å²) in [6.45, 7) is 0. The molecular formula is C11H11N3O4S. The van der Waals surface area contributed by atoms with Crippen LogP contribution in [-0.4, -0.2) is 41.8 Å². The standard InChI is InChI=1S/C11H11N3O4S/c1-14-10(6-2-3-7(15)8(16)4-6)12-13-11(14)19-5-9(17)18/h2-4,15-16H,5H2,1H3,(H,17,18). The van der Waals surface area contributed by atoms with Gasteiger partial charge in [-0.15, -0.1) is 10.2 Å². The number of carboxylic acids is 1. The lowest BCUT2D eigenvalue weighted by atomic mass is 10.2. The molecule has 8 heteroatoms. The Morgan fingerprint density at radius 2 is 2.05 bits per heavy atom. The number of carboxylic acid groups (broad SMARTS) is 1. The fraction of sp³-hybridized carbons (Fsp3) is 0.182. The van der Waals surface area contributed by atoms with Crippen LogP contribution >= 0.6 is 11.8 Å². The zero-order chi connectivity index (χ0) is 14.0. The van der Waals surface area contributed by atoms with Crippen molar-refractivity contribution < 1.29 is 20.1 Å². The van der Waals surface area contributed by atoms with E-state index in [4.69, 9.17) is 5.11 Å². The Balaban J connectivity index is 2.30. The minimum atomic E-state index is -0.933. The molecule has 19 heavy (non-hydrogen) atoms. The predicted octanol–water partition coefficient (Wildman–Crippen LogP) is 1.07. The molecule has 0 aliphatic heterocycles. The summed E-state index contributed by atoms with van der Waals surface area (Å²) in [6.07, 6.45) is 0. The second-order valence-corrected chi connectivity index (χ2v) is 4.69. The largest absolute Gasteiger partial charge is 0.504 e. The number of aromatic hydroxyl groups is 2. The van der Waals surface area contributed by atoms with Crippen molar-refractivity contribution in [3.63, 3.8) is 0 Å². The molecule has 2 aromatic rings. The van der Waals surface area contributed by atoms with Crippen molar-refractivity contribution in [2.24, 2.45) is 7.05 Å². The maximum Gasteiger partial charge on any atom is 0.313 e. The Morgan fingerprint density at radius 3 is 2.68 bits per heavy atom. The average Bonchev–Trinajstić information content (AvgIpc) is 2.72. The molecule has 100 valence electrons. The van der Waals surface area contributed by atoms with E-state index >= 15 is 0 Å². The molecule has 0 amide bonds. The van der Waals surface area contributed by atoms with Gasteiger partial charge in [0.1, 0.15) is 0 Å². The van der Waals surface area contributed by atoms with Crippen LogP contribution in [0.15, 0.2) is 23.4 Å². The first-order chi connectivity index (χ1) is 8.99. The van der Waals surface area contributed by atoms with Crippen molar-refractivity contribution in [3.05, 3.63) is 18.2 Å². The molecule has 0 aliphatic rings. The zero-order valence-electron chi connectivity index (χ0n) is 9.94. The number of phenols is 2. The zero-order valence-corrected chi connectivity index (χ0v) is 10.8. The van der Waals surface area contributed by atoms with Crippen LogP contribution in [0.5, 0.6) is 11.5 Å². The summed E-state index contributed by atoms with van der Waals surface area (Å²) in [5.74, 6) is -1.03. The van der Waals surface area contributed by atoms with Crippen LogP contribution < -0.4 is 0 Å². The van der Waals surface area contributed by atoms with Gasteiger partial charge >= 0.3 is 5.97 Å². The summed E-state index contributed by atoms with van der Waals surface area (Å²) in [5.41, 5.74) is 0.576. The van der Waals surface area contributed by atoms with Crippen molar-refractivity contribution in [1.29, 1.82) is 0 Å². The number of aliphatic carboxylic acids is 1. The fourth-order valence-electron chi connectivity index (χ4n) is 1.48. The lowest BCUT2D eigenvalue weighted by molar-refractivity contribution is -0.133. The third-order valence-electron chi connectivity index (χ3n) is 2.39. The van der Waals surface area contributed by atoms with E-state index in [0.29, 0.717) is 16.5 Å². The van der Waals surface area contributed by atoms with Crippen LogP contribution in [0.2, 0.25) is 0 Å². The summed E-state index contributed by atoms with van der Waals surface area (Å²) < 4.78 is 1.62. The lowest BCUT2D eigenvalue weighted by Gasteiger charge is -2.04. The molecular weight excluding hydrogens is 270 g/mol. The number of aromatic nitrogens is 3. The fourth-order valence-corrected chi connectivity index (χ4v) is 2.11. The van der Waals surface area contributed by atoms with E-state index in [-0.39, 0.29) is 17.3 Å². The number of thioether (sulfide) groups is 1. The van der Waals surface area contributed by atoms with Gasteiger partial charge in [0.25, 0.3) is 0 Å². The number of rotatable bonds is 4. The maximum atomic E-state index is 10.5. The van der Waals surface area contributed by atoms with Crippen molar-refractivity contribution in [2.75, 3.05) is 5.75 Å². The van der Waals surface area contributed by atoms with Crippen molar-refractivity contribution in [3.8, 4) is 22.9 Å². The highest BCUT2D eigenvalue weighted by atomic mass is 32.2. The molecule has 2 rings (SSSR count). The molecule has 0 fully saturated rings. The van der Waals surface area contributed by atoms with Crippen LogP contribution in [0.4, 0.5) is 0 Å². The molecule has 3 N–H and O–H groups in total. The molecule has 0 saturated heterocycles. The summed E-state index contributed by atoms with van der Waals surface area (Å²) in [5, 5.41) is 35.6. The van der Waals surface area contributed by atoms with Gasteiger partial charge in [0.05, 0.1) is 5.75 Å². The number of hydrogen-bond donors (Lipinski definition) is 3. The van der Waals surface area contributed by atoms with Gasteiger partial charge in [-0.2, -0.15) is 0 Å². The van der Waals surface area contributed by atoms with Gasteiger partial charge in [0.15, 0.2) is 22.5 Å².